The Balaban J connectivity index is 1.55. The van der Waals surface area contributed by atoms with Gasteiger partial charge in [0.1, 0.15) is 0 Å². The Hall–Kier alpha value is -0.0800. The Kier molecular flexibility index (Phi) is 4.02. The fourth-order valence-corrected chi connectivity index (χ4v) is 4.27. The minimum absolute atomic E-state index is 0.881. The van der Waals surface area contributed by atoms with Gasteiger partial charge in [-0.1, -0.05) is 25.7 Å². The van der Waals surface area contributed by atoms with Gasteiger partial charge in [-0.15, -0.1) is 0 Å². The molecule has 1 N–H and O–H groups in total. The molecule has 0 spiro atoms. The Labute approximate surface area is 106 Å². The number of rotatable bonds is 2. The molecule has 2 atom stereocenters. The molecule has 1 saturated carbocycles. The van der Waals surface area contributed by atoms with E-state index in [0.29, 0.717) is 0 Å². The first kappa shape index (κ1) is 12.0. The van der Waals surface area contributed by atoms with E-state index in [9.17, 15) is 0 Å². The Morgan fingerprint density at radius 3 is 2.53 bits per heavy atom. The van der Waals surface area contributed by atoms with Crippen molar-refractivity contribution in [2.45, 2.75) is 57.4 Å². The Morgan fingerprint density at radius 2 is 1.71 bits per heavy atom. The van der Waals surface area contributed by atoms with Crippen LogP contribution in [-0.4, -0.2) is 37.1 Å². The number of fused-ring (bicyclic) bond motifs is 1. The van der Waals surface area contributed by atoms with Crippen molar-refractivity contribution < 1.29 is 0 Å². The van der Waals surface area contributed by atoms with Crippen molar-refractivity contribution in [1.29, 1.82) is 0 Å². The average Bonchev–Trinajstić information content (AvgIpc) is 2.69. The molecule has 0 radical (unpaired) electrons. The van der Waals surface area contributed by atoms with E-state index in [4.69, 9.17) is 0 Å². The standard InChI is InChI=1S/C15H28N2/c1-2-4-7-13(6-3-1)12-17-9-5-8-14-10-16-11-15(14)17/h13-16H,1-12H2. The van der Waals surface area contributed by atoms with Crippen LogP contribution in [0.3, 0.4) is 0 Å². The summed E-state index contributed by atoms with van der Waals surface area (Å²) in [6.45, 7) is 5.32. The van der Waals surface area contributed by atoms with Crippen LogP contribution in [0.1, 0.15) is 51.4 Å². The highest BCUT2D eigenvalue weighted by molar-refractivity contribution is 4.92. The molecule has 0 aromatic rings. The molecule has 2 nitrogen and oxygen atoms in total. The van der Waals surface area contributed by atoms with Crippen molar-refractivity contribution in [2.75, 3.05) is 26.2 Å². The van der Waals surface area contributed by atoms with Gasteiger partial charge in [-0.25, -0.2) is 0 Å². The highest BCUT2D eigenvalue weighted by Crippen LogP contribution is 2.30. The highest BCUT2D eigenvalue weighted by Gasteiger charge is 2.35. The van der Waals surface area contributed by atoms with Crippen LogP contribution in [-0.2, 0) is 0 Å². The van der Waals surface area contributed by atoms with Gasteiger partial charge in [0.2, 0.25) is 0 Å². The number of piperidine rings is 1. The zero-order valence-corrected chi connectivity index (χ0v) is 11.2. The van der Waals surface area contributed by atoms with E-state index < -0.39 is 0 Å². The zero-order chi connectivity index (χ0) is 11.5. The van der Waals surface area contributed by atoms with E-state index in [2.05, 4.69) is 10.2 Å². The van der Waals surface area contributed by atoms with Crippen LogP contribution in [0, 0.1) is 11.8 Å². The normalized spacial score (nSPS) is 36.7. The molecule has 0 aromatic heterocycles. The summed E-state index contributed by atoms with van der Waals surface area (Å²) in [5.41, 5.74) is 0. The lowest BCUT2D eigenvalue weighted by molar-refractivity contribution is 0.101. The summed E-state index contributed by atoms with van der Waals surface area (Å²) < 4.78 is 0. The van der Waals surface area contributed by atoms with Crippen LogP contribution in [0.2, 0.25) is 0 Å². The third-order valence-electron chi connectivity index (χ3n) is 5.26. The van der Waals surface area contributed by atoms with Gasteiger partial charge in [0.25, 0.3) is 0 Å². The summed E-state index contributed by atoms with van der Waals surface area (Å²) in [5.74, 6) is 1.98. The molecule has 3 fully saturated rings. The van der Waals surface area contributed by atoms with E-state index >= 15 is 0 Å². The predicted molar refractivity (Wildman–Crippen MR) is 72.1 cm³/mol. The van der Waals surface area contributed by atoms with Crippen molar-refractivity contribution in [2.24, 2.45) is 11.8 Å². The maximum atomic E-state index is 3.60. The topological polar surface area (TPSA) is 15.3 Å². The molecule has 2 saturated heterocycles. The monoisotopic (exact) mass is 236 g/mol. The number of hydrogen-bond donors (Lipinski definition) is 1. The van der Waals surface area contributed by atoms with Gasteiger partial charge < -0.3 is 5.32 Å². The third-order valence-corrected chi connectivity index (χ3v) is 5.26. The van der Waals surface area contributed by atoms with Gasteiger partial charge in [-0.3, -0.25) is 4.90 Å². The molecule has 3 aliphatic rings. The zero-order valence-electron chi connectivity index (χ0n) is 11.2. The highest BCUT2D eigenvalue weighted by atomic mass is 15.2. The maximum Gasteiger partial charge on any atom is 0.0261 e. The number of hydrogen-bond acceptors (Lipinski definition) is 2. The second-order valence-corrected chi connectivity index (χ2v) is 6.48. The van der Waals surface area contributed by atoms with Gasteiger partial charge in [0, 0.05) is 19.1 Å². The Bertz CT molecular complexity index is 233. The predicted octanol–water partition coefficient (Wildman–Crippen LogP) is 2.64. The second kappa shape index (κ2) is 5.71. The number of nitrogens with zero attached hydrogens (tertiary/aromatic N) is 1. The first-order chi connectivity index (χ1) is 8.43. The van der Waals surface area contributed by atoms with Gasteiger partial charge >= 0.3 is 0 Å². The van der Waals surface area contributed by atoms with Crippen LogP contribution in [0.4, 0.5) is 0 Å². The second-order valence-electron chi connectivity index (χ2n) is 6.48. The quantitative estimate of drug-likeness (QED) is 0.742. The lowest BCUT2D eigenvalue weighted by Gasteiger charge is -2.39. The van der Waals surface area contributed by atoms with Gasteiger partial charge in [-0.05, 0) is 50.6 Å². The molecule has 2 aliphatic heterocycles. The summed E-state index contributed by atoms with van der Waals surface area (Å²) in [5, 5.41) is 3.60. The van der Waals surface area contributed by atoms with Crippen LogP contribution in [0.5, 0.6) is 0 Å². The number of nitrogens with one attached hydrogen (secondary N) is 1. The van der Waals surface area contributed by atoms with Gasteiger partial charge in [0.15, 0.2) is 0 Å². The van der Waals surface area contributed by atoms with Crippen molar-refractivity contribution in [3.63, 3.8) is 0 Å². The van der Waals surface area contributed by atoms with Gasteiger partial charge in [0.05, 0.1) is 0 Å². The number of likely N-dealkylation sites (tertiary alicyclic amines) is 1. The van der Waals surface area contributed by atoms with Crippen molar-refractivity contribution >= 4 is 0 Å². The van der Waals surface area contributed by atoms with Crippen molar-refractivity contribution in [3.8, 4) is 0 Å². The summed E-state index contributed by atoms with van der Waals surface area (Å²) in [6.07, 6.45) is 11.9. The molecule has 2 heterocycles. The lowest BCUT2D eigenvalue weighted by atomic mass is 9.90. The largest absolute Gasteiger partial charge is 0.315 e. The minimum atomic E-state index is 0.881. The summed E-state index contributed by atoms with van der Waals surface area (Å²) in [6, 6.07) is 0.881. The van der Waals surface area contributed by atoms with E-state index in [1.54, 1.807) is 0 Å². The molecular formula is C15H28N2. The van der Waals surface area contributed by atoms with Crippen LogP contribution >= 0.6 is 0 Å². The maximum absolute atomic E-state index is 3.60. The molecule has 2 unspecified atom stereocenters. The van der Waals surface area contributed by atoms with E-state index in [-0.39, 0.29) is 0 Å². The molecule has 98 valence electrons. The molecule has 17 heavy (non-hydrogen) atoms. The summed E-state index contributed by atoms with van der Waals surface area (Å²) in [4.78, 5) is 2.84. The lowest BCUT2D eigenvalue weighted by Crippen LogP contribution is -2.47. The Morgan fingerprint density at radius 1 is 0.882 bits per heavy atom. The van der Waals surface area contributed by atoms with E-state index in [1.165, 1.54) is 77.5 Å². The summed E-state index contributed by atoms with van der Waals surface area (Å²) in [7, 11) is 0. The fourth-order valence-electron chi connectivity index (χ4n) is 4.27. The van der Waals surface area contributed by atoms with Gasteiger partial charge in [-0.2, -0.15) is 0 Å². The molecule has 0 aromatic carbocycles. The third kappa shape index (κ3) is 2.85. The fraction of sp³-hybridized carbons (Fsp3) is 1.00. The van der Waals surface area contributed by atoms with Crippen LogP contribution < -0.4 is 5.32 Å². The van der Waals surface area contributed by atoms with Crippen LogP contribution in [0.15, 0.2) is 0 Å². The molecule has 3 rings (SSSR count). The van der Waals surface area contributed by atoms with Crippen molar-refractivity contribution in [1.82, 2.24) is 10.2 Å². The SMILES string of the molecule is C1CCCC(CN2CCCC3CNCC32)CC1. The van der Waals surface area contributed by atoms with E-state index in [0.717, 1.165) is 17.9 Å². The molecule has 2 heteroatoms. The average molecular weight is 236 g/mol. The molecular weight excluding hydrogens is 208 g/mol. The first-order valence-corrected chi connectivity index (χ1v) is 7.88. The minimum Gasteiger partial charge on any atom is -0.315 e. The molecule has 0 bridgehead atoms. The molecule has 0 amide bonds. The smallest absolute Gasteiger partial charge is 0.0261 e. The van der Waals surface area contributed by atoms with E-state index in [1.807, 2.05) is 0 Å². The van der Waals surface area contributed by atoms with Crippen molar-refractivity contribution in [3.05, 3.63) is 0 Å². The summed E-state index contributed by atoms with van der Waals surface area (Å²) >= 11 is 0. The first-order valence-electron chi connectivity index (χ1n) is 7.88. The molecule has 1 aliphatic carbocycles. The van der Waals surface area contributed by atoms with Crippen LogP contribution in [0.25, 0.3) is 0 Å².